The van der Waals surface area contributed by atoms with Crippen LogP contribution in [0.1, 0.15) is 65.2 Å². The van der Waals surface area contributed by atoms with E-state index in [0.29, 0.717) is 0 Å². The molecule has 4 saturated carbocycles. The molecule has 0 radical (unpaired) electrons. The molecule has 4 nitrogen and oxygen atoms in total. The van der Waals surface area contributed by atoms with Crippen molar-refractivity contribution < 1.29 is 14.3 Å². The summed E-state index contributed by atoms with van der Waals surface area (Å²) in [6, 6.07) is 0. The largest absolute Gasteiger partial charge is 0.463 e. The lowest BCUT2D eigenvalue weighted by atomic mass is 9.53. The van der Waals surface area contributed by atoms with E-state index in [-0.39, 0.29) is 36.4 Å². The third kappa shape index (κ3) is 3.41. The number of amides is 1. The Morgan fingerprint density at radius 1 is 1.05 bits per heavy atom. The Hall–Kier alpha value is -1.06. The average molecular weight is 293 g/mol. The smallest absolute Gasteiger partial charge is 0.306 e. The highest BCUT2D eigenvalue weighted by Gasteiger charge is 2.51. The van der Waals surface area contributed by atoms with Crippen LogP contribution in [0, 0.1) is 17.8 Å². The zero-order chi connectivity index (χ0) is 15.0. The monoisotopic (exact) mass is 293 g/mol. The third-order valence-corrected chi connectivity index (χ3v) is 5.37. The molecule has 4 aliphatic carbocycles. The molecular formula is C17H27NO3. The zero-order valence-electron chi connectivity index (χ0n) is 13.2. The van der Waals surface area contributed by atoms with Crippen LogP contribution in [-0.4, -0.2) is 23.5 Å². The molecule has 4 heteroatoms. The van der Waals surface area contributed by atoms with Gasteiger partial charge in [-0.25, -0.2) is 0 Å². The molecule has 0 unspecified atom stereocenters. The first-order valence-electron chi connectivity index (χ1n) is 8.44. The molecule has 118 valence electrons. The average Bonchev–Trinajstić information content (AvgIpc) is 2.33. The summed E-state index contributed by atoms with van der Waals surface area (Å²) in [5.74, 6) is 2.22. The van der Waals surface area contributed by atoms with Crippen LogP contribution in [0.15, 0.2) is 0 Å². The van der Waals surface area contributed by atoms with E-state index in [2.05, 4.69) is 5.32 Å². The van der Waals surface area contributed by atoms with Crippen molar-refractivity contribution in [3.63, 3.8) is 0 Å². The second kappa shape index (κ2) is 5.62. The summed E-state index contributed by atoms with van der Waals surface area (Å²) in [6.07, 6.45) is 7.91. The van der Waals surface area contributed by atoms with E-state index in [9.17, 15) is 9.59 Å². The van der Waals surface area contributed by atoms with Crippen molar-refractivity contribution in [1.29, 1.82) is 0 Å². The van der Waals surface area contributed by atoms with Gasteiger partial charge >= 0.3 is 5.97 Å². The van der Waals surface area contributed by atoms with Gasteiger partial charge in [-0.3, -0.25) is 9.59 Å². The fourth-order valence-electron chi connectivity index (χ4n) is 5.16. The first kappa shape index (κ1) is 14.9. The molecule has 0 heterocycles. The molecule has 1 N–H and O–H groups in total. The van der Waals surface area contributed by atoms with E-state index < -0.39 is 0 Å². The van der Waals surface area contributed by atoms with E-state index in [1.54, 1.807) is 0 Å². The van der Waals surface area contributed by atoms with Gasteiger partial charge in [0, 0.05) is 12.0 Å². The summed E-state index contributed by atoms with van der Waals surface area (Å²) in [6.45, 7) is 3.65. The number of carbonyl (C=O) groups excluding carboxylic acids is 2. The van der Waals surface area contributed by atoms with E-state index >= 15 is 0 Å². The van der Waals surface area contributed by atoms with Gasteiger partial charge < -0.3 is 10.1 Å². The number of rotatable bonds is 5. The fourth-order valence-corrected chi connectivity index (χ4v) is 5.16. The van der Waals surface area contributed by atoms with E-state index in [1.807, 2.05) is 13.8 Å². The second-order valence-electron chi connectivity index (χ2n) is 7.78. The number of esters is 1. The maximum atomic E-state index is 12.2. The molecule has 4 aliphatic rings. The van der Waals surface area contributed by atoms with Crippen LogP contribution in [0.4, 0.5) is 0 Å². The van der Waals surface area contributed by atoms with Gasteiger partial charge in [-0.1, -0.05) is 0 Å². The Bertz CT molecular complexity index is 394. The quantitative estimate of drug-likeness (QED) is 0.793. The highest BCUT2D eigenvalue weighted by atomic mass is 16.5. The molecule has 0 aromatic carbocycles. The zero-order valence-corrected chi connectivity index (χ0v) is 13.2. The minimum Gasteiger partial charge on any atom is -0.463 e. The summed E-state index contributed by atoms with van der Waals surface area (Å²) in [7, 11) is 0. The molecule has 0 atom stereocenters. The minimum atomic E-state index is -0.273. The van der Waals surface area contributed by atoms with E-state index in [1.165, 1.54) is 19.3 Å². The van der Waals surface area contributed by atoms with E-state index in [4.69, 9.17) is 4.74 Å². The number of ether oxygens (including phenoxy) is 1. The summed E-state index contributed by atoms with van der Waals surface area (Å²) in [4.78, 5) is 23.7. The molecule has 0 aromatic rings. The van der Waals surface area contributed by atoms with Crippen LogP contribution >= 0.6 is 0 Å². The Labute approximate surface area is 127 Å². The maximum Gasteiger partial charge on any atom is 0.306 e. The molecule has 0 spiro atoms. The summed E-state index contributed by atoms with van der Waals surface area (Å²) >= 11 is 0. The van der Waals surface area contributed by atoms with Crippen LogP contribution < -0.4 is 5.32 Å². The lowest BCUT2D eigenvalue weighted by Gasteiger charge is -2.56. The Balaban J connectivity index is 1.50. The van der Waals surface area contributed by atoms with Crippen molar-refractivity contribution in [3.05, 3.63) is 0 Å². The van der Waals surface area contributed by atoms with Crippen molar-refractivity contribution in [1.82, 2.24) is 5.32 Å². The van der Waals surface area contributed by atoms with E-state index in [0.717, 1.165) is 37.0 Å². The predicted molar refractivity (Wildman–Crippen MR) is 79.5 cm³/mol. The maximum absolute atomic E-state index is 12.2. The Morgan fingerprint density at radius 3 is 2.05 bits per heavy atom. The van der Waals surface area contributed by atoms with Gasteiger partial charge in [-0.05, 0) is 70.1 Å². The summed E-state index contributed by atoms with van der Waals surface area (Å²) in [5.41, 5.74) is 0.0494. The van der Waals surface area contributed by atoms with Crippen LogP contribution in [0.2, 0.25) is 0 Å². The Kier molecular flexibility index (Phi) is 3.98. The third-order valence-electron chi connectivity index (χ3n) is 5.37. The predicted octanol–water partition coefficient (Wildman–Crippen LogP) is 2.80. The molecule has 0 saturated heterocycles. The molecular weight excluding hydrogens is 266 g/mol. The summed E-state index contributed by atoms with van der Waals surface area (Å²) < 4.78 is 5.08. The minimum absolute atomic E-state index is 0.0256. The molecule has 0 aliphatic heterocycles. The first-order chi connectivity index (χ1) is 9.94. The number of hydrogen-bond donors (Lipinski definition) is 1. The molecule has 1 amide bonds. The van der Waals surface area contributed by atoms with Crippen LogP contribution in [0.3, 0.4) is 0 Å². The van der Waals surface area contributed by atoms with Crippen LogP contribution in [-0.2, 0) is 14.3 Å². The SMILES string of the molecule is CC(C)OC(=O)CCC(=O)NC12CC3CC(CC(C3)C1)C2. The normalized spacial score (nSPS) is 36.8. The van der Waals surface area contributed by atoms with Gasteiger partial charge in [-0.2, -0.15) is 0 Å². The fraction of sp³-hybridized carbons (Fsp3) is 0.882. The first-order valence-corrected chi connectivity index (χ1v) is 8.44. The van der Waals surface area contributed by atoms with Gasteiger partial charge in [0.15, 0.2) is 0 Å². The van der Waals surface area contributed by atoms with Gasteiger partial charge in [0.2, 0.25) is 5.91 Å². The molecule has 21 heavy (non-hydrogen) atoms. The Morgan fingerprint density at radius 2 is 1.57 bits per heavy atom. The lowest BCUT2D eigenvalue weighted by molar-refractivity contribution is -0.149. The topological polar surface area (TPSA) is 55.4 Å². The highest BCUT2D eigenvalue weighted by molar-refractivity contribution is 5.81. The standard InChI is InChI=1S/C17H27NO3/c1-11(2)21-16(20)4-3-15(19)18-17-8-12-5-13(9-17)7-14(6-12)10-17/h11-14H,3-10H2,1-2H3,(H,18,19). The van der Waals surface area contributed by atoms with Gasteiger partial charge in [0.05, 0.1) is 12.5 Å². The number of hydrogen-bond acceptors (Lipinski definition) is 3. The van der Waals surface area contributed by atoms with Gasteiger partial charge in [0.1, 0.15) is 0 Å². The second-order valence-corrected chi connectivity index (χ2v) is 7.78. The van der Waals surface area contributed by atoms with Crippen LogP contribution in [0.25, 0.3) is 0 Å². The molecule has 4 bridgehead atoms. The molecule has 4 rings (SSSR count). The van der Waals surface area contributed by atoms with Crippen molar-refractivity contribution in [2.75, 3.05) is 0 Å². The van der Waals surface area contributed by atoms with Gasteiger partial charge in [-0.15, -0.1) is 0 Å². The van der Waals surface area contributed by atoms with Crippen molar-refractivity contribution in [2.24, 2.45) is 17.8 Å². The lowest BCUT2D eigenvalue weighted by Crippen LogP contribution is -2.59. The van der Waals surface area contributed by atoms with Gasteiger partial charge in [0.25, 0.3) is 0 Å². The van der Waals surface area contributed by atoms with Crippen molar-refractivity contribution in [3.8, 4) is 0 Å². The highest BCUT2D eigenvalue weighted by Crippen LogP contribution is 2.55. The van der Waals surface area contributed by atoms with Crippen molar-refractivity contribution >= 4 is 11.9 Å². The molecule has 4 fully saturated rings. The van der Waals surface area contributed by atoms with Crippen molar-refractivity contribution in [2.45, 2.75) is 76.9 Å². The number of nitrogens with one attached hydrogen (secondary N) is 1. The summed E-state index contributed by atoms with van der Waals surface area (Å²) in [5, 5.41) is 3.29. The molecule has 0 aromatic heterocycles. The van der Waals surface area contributed by atoms with Crippen LogP contribution in [0.5, 0.6) is 0 Å². The number of carbonyl (C=O) groups is 2.